The zero-order valence-electron chi connectivity index (χ0n) is 28.2. The Balaban J connectivity index is 1.28. The highest BCUT2D eigenvalue weighted by atomic mass is 16.6. The monoisotopic (exact) mass is 669 g/mol. The van der Waals surface area contributed by atoms with Crippen LogP contribution in [0.2, 0.25) is 0 Å². The summed E-state index contributed by atoms with van der Waals surface area (Å²) in [5, 5.41) is 26.6. The van der Waals surface area contributed by atoms with Crippen molar-refractivity contribution in [1.82, 2.24) is 35.8 Å². The fraction of sp³-hybridized carbons (Fsp3) is 0.389. The summed E-state index contributed by atoms with van der Waals surface area (Å²) in [5.74, 6) is -0.581. The molecule has 258 valence electrons. The van der Waals surface area contributed by atoms with Gasteiger partial charge in [-0.2, -0.15) is 15.4 Å². The average Bonchev–Trinajstić information content (AvgIpc) is 3.54. The van der Waals surface area contributed by atoms with E-state index < -0.39 is 29.9 Å². The van der Waals surface area contributed by atoms with Gasteiger partial charge in [0.2, 0.25) is 5.91 Å². The first-order valence-electron chi connectivity index (χ1n) is 16.4. The number of carboxylic acid groups (broad SMARTS) is 1. The highest BCUT2D eigenvalue weighted by Gasteiger charge is 2.36. The molecule has 0 radical (unpaired) electrons. The maximum absolute atomic E-state index is 13.9. The molecule has 2 heterocycles. The predicted molar refractivity (Wildman–Crippen MR) is 183 cm³/mol. The van der Waals surface area contributed by atoms with Crippen LogP contribution >= 0.6 is 0 Å². The molecule has 3 unspecified atom stereocenters. The number of aromatic nitrogens is 3. The highest BCUT2D eigenvalue weighted by molar-refractivity contribution is 5.94. The van der Waals surface area contributed by atoms with Crippen LogP contribution in [0.25, 0.3) is 11.0 Å². The van der Waals surface area contributed by atoms with E-state index in [9.17, 15) is 24.3 Å². The fourth-order valence-corrected chi connectivity index (χ4v) is 5.97. The van der Waals surface area contributed by atoms with E-state index in [4.69, 9.17) is 4.74 Å². The van der Waals surface area contributed by atoms with Crippen molar-refractivity contribution in [2.75, 3.05) is 19.6 Å². The Morgan fingerprint density at radius 2 is 1.67 bits per heavy atom. The van der Waals surface area contributed by atoms with Crippen LogP contribution in [0.4, 0.5) is 9.59 Å². The molecule has 3 aromatic carbocycles. The Hall–Kier alpha value is -5.46. The van der Waals surface area contributed by atoms with Crippen LogP contribution in [0.5, 0.6) is 0 Å². The number of amides is 4. The second-order valence-electron chi connectivity index (χ2n) is 13.3. The molecular formula is C36H43N7O6. The molecule has 4 N–H and O–H groups in total. The molecule has 13 nitrogen and oxygen atoms in total. The quantitative estimate of drug-likeness (QED) is 0.188. The van der Waals surface area contributed by atoms with Crippen LogP contribution in [0.3, 0.4) is 0 Å². The van der Waals surface area contributed by atoms with Crippen molar-refractivity contribution >= 4 is 35.0 Å². The van der Waals surface area contributed by atoms with Crippen LogP contribution in [0.1, 0.15) is 67.2 Å². The van der Waals surface area contributed by atoms with Gasteiger partial charge in [0.05, 0.1) is 12.1 Å². The number of piperazine rings is 1. The van der Waals surface area contributed by atoms with Gasteiger partial charge in [0.1, 0.15) is 22.7 Å². The van der Waals surface area contributed by atoms with Crippen molar-refractivity contribution in [2.45, 2.75) is 70.7 Å². The molecule has 49 heavy (non-hydrogen) atoms. The Labute approximate surface area is 285 Å². The molecule has 0 spiro atoms. The van der Waals surface area contributed by atoms with Crippen molar-refractivity contribution in [3.05, 3.63) is 95.1 Å². The van der Waals surface area contributed by atoms with Crippen LogP contribution in [-0.2, 0) is 22.4 Å². The summed E-state index contributed by atoms with van der Waals surface area (Å²) in [7, 11) is 0. The van der Waals surface area contributed by atoms with Crippen LogP contribution in [0.15, 0.2) is 72.8 Å². The van der Waals surface area contributed by atoms with Crippen LogP contribution < -0.4 is 10.6 Å². The number of carbonyl (C=O) groups excluding carboxylic acids is 3. The van der Waals surface area contributed by atoms with Gasteiger partial charge in [-0.1, -0.05) is 48.5 Å². The lowest BCUT2D eigenvalue weighted by molar-refractivity contribution is -0.136. The number of rotatable bonds is 10. The molecular weight excluding hydrogens is 626 g/mol. The largest absolute Gasteiger partial charge is 0.465 e. The lowest BCUT2D eigenvalue weighted by Gasteiger charge is -2.41. The van der Waals surface area contributed by atoms with Crippen LogP contribution in [-0.4, -0.2) is 91.6 Å². The van der Waals surface area contributed by atoms with Gasteiger partial charge >= 0.3 is 12.2 Å². The first-order valence-corrected chi connectivity index (χ1v) is 16.4. The van der Waals surface area contributed by atoms with Crippen molar-refractivity contribution in [1.29, 1.82) is 0 Å². The maximum atomic E-state index is 13.9. The Kier molecular flexibility index (Phi) is 10.8. The van der Waals surface area contributed by atoms with Gasteiger partial charge < -0.3 is 30.3 Å². The second kappa shape index (κ2) is 15.2. The number of fused-ring (bicyclic) bond motifs is 1. The summed E-state index contributed by atoms with van der Waals surface area (Å²) in [6, 6.07) is 20.6. The van der Waals surface area contributed by atoms with E-state index in [2.05, 4.69) is 26.0 Å². The maximum Gasteiger partial charge on any atom is 0.408 e. The van der Waals surface area contributed by atoms with E-state index in [0.29, 0.717) is 23.9 Å². The van der Waals surface area contributed by atoms with Crippen molar-refractivity contribution < 1.29 is 29.0 Å². The molecule has 1 aliphatic heterocycles. The summed E-state index contributed by atoms with van der Waals surface area (Å²) in [6.07, 6.45) is -0.606. The molecule has 13 heteroatoms. The average molecular weight is 670 g/mol. The normalized spacial score (nSPS) is 16.1. The van der Waals surface area contributed by atoms with Crippen molar-refractivity contribution in [3.8, 4) is 0 Å². The number of carbonyl (C=O) groups is 4. The first kappa shape index (κ1) is 34.9. The summed E-state index contributed by atoms with van der Waals surface area (Å²) in [4.78, 5) is 55.2. The van der Waals surface area contributed by atoms with E-state index in [1.54, 1.807) is 43.9 Å². The minimum atomic E-state index is -1.09. The van der Waals surface area contributed by atoms with E-state index in [1.807, 2.05) is 61.5 Å². The number of nitrogens with one attached hydrogen (secondary N) is 3. The van der Waals surface area contributed by atoms with E-state index in [-0.39, 0.29) is 43.9 Å². The van der Waals surface area contributed by atoms with E-state index in [1.165, 1.54) is 4.90 Å². The second-order valence-corrected chi connectivity index (χ2v) is 13.3. The fourth-order valence-electron chi connectivity index (χ4n) is 5.97. The molecule has 1 fully saturated rings. The van der Waals surface area contributed by atoms with E-state index >= 15 is 0 Å². The topological polar surface area (TPSA) is 170 Å². The standard InChI is InChI=1S/C36H43N7O6/c1-23(26-14-16-29-31(21-26)40-41-39-29)37-32(44)27-12-8-11-25(19-27)20-28-22-42(17-18-43(28)35(47)48)33(45)30(38-34(46)49-36(2,3)4)15-13-24-9-6-5-7-10-24/h5-12,14,16,19,21,23,28,30H,13,15,17-18,20,22H2,1-4H3,(H,37,44)(H,38,46)(H,47,48)(H,39,40,41). The third-order valence-corrected chi connectivity index (χ3v) is 8.44. The number of alkyl carbamates (subject to hydrolysis) is 1. The van der Waals surface area contributed by atoms with Gasteiger partial charge in [-0.3, -0.25) is 9.59 Å². The number of H-pyrrole nitrogens is 1. The van der Waals surface area contributed by atoms with Crippen LogP contribution in [0, 0.1) is 0 Å². The number of hydrogen-bond donors (Lipinski definition) is 4. The van der Waals surface area contributed by atoms with Crippen molar-refractivity contribution in [3.63, 3.8) is 0 Å². The third-order valence-electron chi connectivity index (χ3n) is 8.44. The Morgan fingerprint density at radius 1 is 0.939 bits per heavy atom. The molecule has 0 saturated carbocycles. The zero-order valence-corrected chi connectivity index (χ0v) is 28.2. The number of aromatic amines is 1. The molecule has 1 aliphatic rings. The Morgan fingerprint density at radius 3 is 2.41 bits per heavy atom. The molecule has 3 atom stereocenters. The molecule has 5 rings (SSSR count). The first-order chi connectivity index (χ1) is 23.4. The van der Waals surface area contributed by atoms with Gasteiger partial charge in [0.15, 0.2) is 0 Å². The SMILES string of the molecule is CC(NC(=O)c1cccc(CC2CN(C(=O)C(CCc3ccccc3)NC(=O)OC(C)(C)C)CCN2C(=O)O)c1)c1ccc2n[nH]nc2c1. The number of hydrogen-bond acceptors (Lipinski definition) is 7. The van der Waals surface area contributed by atoms with Gasteiger partial charge in [0.25, 0.3) is 5.91 Å². The number of aryl methyl sites for hydroxylation is 1. The third kappa shape index (κ3) is 9.34. The summed E-state index contributed by atoms with van der Waals surface area (Å²) in [6.45, 7) is 7.55. The molecule has 4 aromatic rings. The summed E-state index contributed by atoms with van der Waals surface area (Å²) < 4.78 is 5.45. The van der Waals surface area contributed by atoms with Gasteiger partial charge in [-0.05, 0) is 87.9 Å². The van der Waals surface area contributed by atoms with Gasteiger partial charge in [-0.15, -0.1) is 0 Å². The lowest BCUT2D eigenvalue weighted by Crippen LogP contribution is -2.60. The molecule has 1 saturated heterocycles. The molecule has 1 aromatic heterocycles. The smallest absolute Gasteiger partial charge is 0.408 e. The molecule has 0 bridgehead atoms. The zero-order chi connectivity index (χ0) is 35.1. The van der Waals surface area contributed by atoms with Crippen molar-refractivity contribution in [2.24, 2.45) is 0 Å². The summed E-state index contributed by atoms with van der Waals surface area (Å²) in [5.41, 5.74) is 3.77. The highest BCUT2D eigenvalue weighted by Crippen LogP contribution is 2.21. The number of benzene rings is 3. The Bertz CT molecular complexity index is 1790. The predicted octanol–water partition coefficient (Wildman–Crippen LogP) is 4.71. The number of nitrogens with zero attached hydrogens (tertiary/aromatic N) is 4. The molecule has 0 aliphatic carbocycles. The minimum absolute atomic E-state index is 0.108. The number of ether oxygens (including phenoxy) is 1. The van der Waals surface area contributed by atoms with E-state index in [0.717, 1.165) is 22.2 Å². The molecule has 4 amide bonds. The lowest BCUT2D eigenvalue weighted by atomic mass is 9.99. The van der Waals surface area contributed by atoms with Gasteiger partial charge in [0, 0.05) is 25.2 Å². The summed E-state index contributed by atoms with van der Waals surface area (Å²) >= 11 is 0. The van der Waals surface area contributed by atoms with Gasteiger partial charge in [-0.25, -0.2) is 9.59 Å². The minimum Gasteiger partial charge on any atom is -0.465 e.